The van der Waals surface area contributed by atoms with E-state index in [4.69, 9.17) is 11.6 Å². The Bertz CT molecular complexity index is 655. The van der Waals surface area contributed by atoms with Crippen LogP contribution in [0.5, 0.6) is 0 Å². The van der Waals surface area contributed by atoms with Gasteiger partial charge in [-0.15, -0.1) is 0 Å². The standard InChI is InChI=1S/C21H31ClN2O4/c1-4-7-16(8-5-2)23-21(28)24-18(20(26)27)17(19(24)25)13(3)11-14-9-6-10-15(22)12-14/h6,9-10,13-14,16-18H,4-5,7-8,11-12H2,1-3H3,(H,23,28)(H,26,27). The highest BCUT2D eigenvalue weighted by molar-refractivity contribution is 6.29. The maximum atomic E-state index is 12.7. The molecule has 0 aromatic carbocycles. The van der Waals surface area contributed by atoms with E-state index in [-0.39, 0.29) is 17.9 Å². The number of hydrogen-bond donors (Lipinski definition) is 2. The Morgan fingerprint density at radius 2 is 1.96 bits per heavy atom. The molecule has 1 aliphatic heterocycles. The van der Waals surface area contributed by atoms with Crippen LogP contribution in [0.4, 0.5) is 4.79 Å². The third-order valence-electron chi connectivity index (χ3n) is 5.62. The number of likely N-dealkylation sites (tertiary alicyclic amines) is 1. The Hall–Kier alpha value is -1.82. The minimum absolute atomic E-state index is 0.0393. The quantitative estimate of drug-likeness (QED) is 0.555. The molecule has 1 heterocycles. The molecule has 2 N–H and O–H groups in total. The number of carboxylic acids is 1. The van der Waals surface area contributed by atoms with E-state index in [1.54, 1.807) is 0 Å². The molecule has 0 aromatic rings. The van der Waals surface area contributed by atoms with Crippen LogP contribution in [-0.2, 0) is 9.59 Å². The first-order chi connectivity index (χ1) is 13.3. The third-order valence-corrected chi connectivity index (χ3v) is 5.90. The Labute approximate surface area is 172 Å². The zero-order valence-electron chi connectivity index (χ0n) is 16.9. The van der Waals surface area contributed by atoms with Gasteiger partial charge in [-0.2, -0.15) is 0 Å². The Kier molecular flexibility index (Phi) is 8.10. The van der Waals surface area contributed by atoms with E-state index in [0.29, 0.717) is 12.8 Å². The molecule has 2 rings (SSSR count). The summed E-state index contributed by atoms with van der Waals surface area (Å²) in [6, 6.07) is -1.73. The summed E-state index contributed by atoms with van der Waals surface area (Å²) in [5, 5.41) is 13.3. The van der Waals surface area contributed by atoms with E-state index in [1.165, 1.54) is 0 Å². The lowest BCUT2D eigenvalue weighted by Gasteiger charge is -2.46. The molecule has 4 atom stereocenters. The van der Waals surface area contributed by atoms with Gasteiger partial charge in [-0.3, -0.25) is 4.79 Å². The molecule has 0 spiro atoms. The second kappa shape index (κ2) is 10.1. The molecule has 7 heteroatoms. The second-order valence-corrected chi connectivity index (χ2v) is 8.40. The first kappa shape index (κ1) is 22.5. The van der Waals surface area contributed by atoms with Gasteiger partial charge in [0, 0.05) is 11.1 Å². The van der Waals surface area contributed by atoms with E-state index < -0.39 is 29.9 Å². The topological polar surface area (TPSA) is 86.7 Å². The largest absolute Gasteiger partial charge is 0.480 e. The number of urea groups is 1. The first-order valence-electron chi connectivity index (χ1n) is 10.2. The number of nitrogens with zero attached hydrogens (tertiary/aromatic N) is 1. The van der Waals surface area contributed by atoms with Crippen LogP contribution in [0.25, 0.3) is 0 Å². The summed E-state index contributed by atoms with van der Waals surface area (Å²) in [5.41, 5.74) is 0. The predicted molar refractivity (Wildman–Crippen MR) is 109 cm³/mol. The highest BCUT2D eigenvalue weighted by Gasteiger charge is 2.57. The average Bonchev–Trinajstić information content (AvgIpc) is 2.59. The fourth-order valence-electron chi connectivity index (χ4n) is 4.28. The highest BCUT2D eigenvalue weighted by Crippen LogP contribution is 2.38. The molecule has 0 radical (unpaired) electrons. The van der Waals surface area contributed by atoms with Gasteiger partial charge in [-0.25, -0.2) is 14.5 Å². The van der Waals surface area contributed by atoms with Crippen LogP contribution in [0.15, 0.2) is 23.3 Å². The van der Waals surface area contributed by atoms with Crippen molar-refractivity contribution in [2.75, 3.05) is 0 Å². The van der Waals surface area contributed by atoms with Gasteiger partial charge < -0.3 is 10.4 Å². The summed E-state index contributed by atoms with van der Waals surface area (Å²) >= 11 is 6.08. The van der Waals surface area contributed by atoms with Gasteiger partial charge >= 0.3 is 12.0 Å². The summed E-state index contributed by atoms with van der Waals surface area (Å²) in [7, 11) is 0. The zero-order chi connectivity index (χ0) is 20.8. The molecule has 4 unspecified atom stereocenters. The third kappa shape index (κ3) is 5.16. The Morgan fingerprint density at radius 3 is 2.50 bits per heavy atom. The fraction of sp³-hybridized carbons (Fsp3) is 0.667. The molecule has 1 saturated heterocycles. The number of allylic oxidation sites excluding steroid dienone is 4. The van der Waals surface area contributed by atoms with Crippen molar-refractivity contribution in [3.8, 4) is 0 Å². The van der Waals surface area contributed by atoms with Crippen molar-refractivity contribution in [2.24, 2.45) is 17.8 Å². The van der Waals surface area contributed by atoms with Crippen LogP contribution in [0.1, 0.15) is 59.3 Å². The minimum atomic E-state index is -1.13. The molecular formula is C21H31ClN2O4. The molecule has 28 heavy (non-hydrogen) atoms. The molecule has 3 amide bonds. The van der Waals surface area contributed by atoms with Crippen LogP contribution in [0.2, 0.25) is 0 Å². The van der Waals surface area contributed by atoms with Crippen LogP contribution in [0.3, 0.4) is 0 Å². The van der Waals surface area contributed by atoms with Gasteiger partial charge in [0.05, 0.1) is 5.92 Å². The van der Waals surface area contributed by atoms with Gasteiger partial charge in [-0.05, 0) is 43.6 Å². The van der Waals surface area contributed by atoms with Crippen molar-refractivity contribution in [3.63, 3.8) is 0 Å². The number of β-lactam (4-membered cyclic amide) rings is 1. The monoisotopic (exact) mass is 410 g/mol. The predicted octanol–water partition coefficient (Wildman–Crippen LogP) is 4.30. The summed E-state index contributed by atoms with van der Waals surface area (Å²) in [5.74, 6) is -2.19. The smallest absolute Gasteiger partial charge is 0.327 e. The highest BCUT2D eigenvalue weighted by atomic mass is 35.5. The molecule has 2 aliphatic rings. The molecule has 6 nitrogen and oxygen atoms in total. The molecule has 1 aliphatic carbocycles. The maximum absolute atomic E-state index is 12.7. The number of hydrogen-bond acceptors (Lipinski definition) is 3. The average molecular weight is 411 g/mol. The van der Waals surface area contributed by atoms with Crippen LogP contribution < -0.4 is 5.32 Å². The van der Waals surface area contributed by atoms with Crippen molar-refractivity contribution in [2.45, 2.75) is 71.4 Å². The number of carbonyl (C=O) groups excluding carboxylic acids is 2. The summed E-state index contributed by atoms with van der Waals surface area (Å²) in [6.07, 6.45) is 10.5. The number of aliphatic carboxylic acids is 1. The lowest BCUT2D eigenvalue weighted by atomic mass is 9.74. The lowest BCUT2D eigenvalue weighted by Crippen LogP contribution is -2.70. The van der Waals surface area contributed by atoms with E-state index in [2.05, 4.69) is 5.32 Å². The molecule has 0 bridgehead atoms. The van der Waals surface area contributed by atoms with Gasteiger partial charge in [0.15, 0.2) is 6.04 Å². The molecule has 0 saturated carbocycles. The van der Waals surface area contributed by atoms with Crippen LogP contribution in [0, 0.1) is 17.8 Å². The number of amides is 3. The molecule has 1 fully saturated rings. The van der Waals surface area contributed by atoms with Crippen LogP contribution in [-0.4, -0.2) is 40.0 Å². The maximum Gasteiger partial charge on any atom is 0.327 e. The zero-order valence-corrected chi connectivity index (χ0v) is 17.6. The van der Waals surface area contributed by atoms with Gasteiger partial charge in [-0.1, -0.05) is 57.4 Å². The number of carboxylic acid groups (broad SMARTS) is 1. The molecule has 0 aromatic heterocycles. The number of halogens is 1. The molecular weight excluding hydrogens is 380 g/mol. The van der Waals surface area contributed by atoms with Crippen molar-refractivity contribution in [1.29, 1.82) is 0 Å². The minimum Gasteiger partial charge on any atom is -0.480 e. The Balaban J connectivity index is 2.03. The van der Waals surface area contributed by atoms with E-state index in [1.807, 2.05) is 39.0 Å². The van der Waals surface area contributed by atoms with E-state index in [9.17, 15) is 19.5 Å². The van der Waals surface area contributed by atoms with Gasteiger partial charge in [0.2, 0.25) is 5.91 Å². The van der Waals surface area contributed by atoms with Gasteiger partial charge in [0.25, 0.3) is 0 Å². The second-order valence-electron chi connectivity index (χ2n) is 7.92. The van der Waals surface area contributed by atoms with Crippen molar-refractivity contribution >= 4 is 29.5 Å². The summed E-state index contributed by atoms with van der Waals surface area (Å²) < 4.78 is 0. The summed E-state index contributed by atoms with van der Waals surface area (Å²) in [4.78, 5) is 38.0. The Morgan fingerprint density at radius 1 is 1.32 bits per heavy atom. The number of nitrogens with one attached hydrogen (secondary N) is 1. The van der Waals surface area contributed by atoms with Crippen molar-refractivity contribution in [1.82, 2.24) is 10.2 Å². The number of rotatable bonds is 9. The van der Waals surface area contributed by atoms with E-state index in [0.717, 1.165) is 35.6 Å². The van der Waals surface area contributed by atoms with Gasteiger partial charge in [0.1, 0.15) is 0 Å². The number of imide groups is 1. The van der Waals surface area contributed by atoms with Crippen LogP contribution >= 0.6 is 11.6 Å². The first-order valence-corrected chi connectivity index (χ1v) is 10.6. The SMILES string of the molecule is CCCC(CCC)NC(=O)N1C(=O)C(C(C)CC2C=CC=C(Cl)C2)C1C(=O)O. The fourth-order valence-corrected chi connectivity index (χ4v) is 4.55. The normalized spacial score (nSPS) is 25.3. The van der Waals surface area contributed by atoms with Crippen molar-refractivity contribution in [3.05, 3.63) is 23.3 Å². The number of carbonyl (C=O) groups is 3. The lowest BCUT2D eigenvalue weighted by molar-refractivity contribution is -0.169. The van der Waals surface area contributed by atoms with E-state index >= 15 is 0 Å². The molecule has 156 valence electrons. The van der Waals surface area contributed by atoms with Crippen molar-refractivity contribution < 1.29 is 19.5 Å². The summed E-state index contributed by atoms with van der Waals surface area (Å²) in [6.45, 7) is 5.94.